The summed E-state index contributed by atoms with van der Waals surface area (Å²) in [6, 6.07) is 15.8. The molecular weight excluding hydrogens is 479 g/mol. The van der Waals surface area contributed by atoms with Crippen LogP contribution in [0.3, 0.4) is 0 Å². The van der Waals surface area contributed by atoms with Crippen LogP contribution in [0.2, 0.25) is 0 Å². The van der Waals surface area contributed by atoms with Crippen molar-refractivity contribution in [3.8, 4) is 0 Å². The van der Waals surface area contributed by atoms with Gasteiger partial charge in [-0.25, -0.2) is 0 Å². The number of rotatable bonds is 3. The van der Waals surface area contributed by atoms with E-state index in [2.05, 4.69) is 0 Å². The Balaban J connectivity index is 1.97. The molecule has 0 saturated carbocycles. The van der Waals surface area contributed by atoms with Crippen molar-refractivity contribution in [1.82, 2.24) is 0 Å². The number of hydrogen-bond donors (Lipinski definition) is 1. The number of aliphatic hydroxyl groups is 1. The number of carbonyl (C=O) groups is 2. The van der Waals surface area contributed by atoms with Crippen LogP contribution < -0.4 is 4.90 Å². The van der Waals surface area contributed by atoms with Crippen molar-refractivity contribution in [2.24, 2.45) is 0 Å². The van der Waals surface area contributed by atoms with Crippen molar-refractivity contribution in [3.63, 3.8) is 0 Å². The first-order chi connectivity index (χ1) is 17.2. The molecule has 0 radical (unpaired) electrons. The first kappa shape index (κ1) is 26.2. The molecule has 0 bridgehead atoms. The molecule has 1 atom stereocenters. The van der Waals surface area contributed by atoms with Gasteiger partial charge in [0.15, 0.2) is 0 Å². The fourth-order valence-corrected chi connectivity index (χ4v) is 4.59. The van der Waals surface area contributed by atoms with Gasteiger partial charge < -0.3 is 5.11 Å². The Morgan fingerprint density at radius 2 is 1.43 bits per heavy atom. The van der Waals surface area contributed by atoms with Crippen molar-refractivity contribution in [2.75, 3.05) is 4.90 Å². The summed E-state index contributed by atoms with van der Waals surface area (Å²) >= 11 is 0. The second-order valence-corrected chi connectivity index (χ2v) is 10.4. The third kappa shape index (κ3) is 4.78. The molecule has 1 heterocycles. The molecule has 0 aromatic heterocycles. The fourth-order valence-electron chi connectivity index (χ4n) is 4.59. The molecule has 3 aromatic carbocycles. The van der Waals surface area contributed by atoms with Crippen molar-refractivity contribution in [1.29, 1.82) is 0 Å². The van der Waals surface area contributed by atoms with Crippen molar-refractivity contribution >= 4 is 23.1 Å². The van der Waals surface area contributed by atoms with Crippen LogP contribution in [0, 0.1) is 13.8 Å². The van der Waals surface area contributed by atoms with Gasteiger partial charge >= 0.3 is 6.18 Å². The Hall–Kier alpha value is -3.87. The molecule has 4 rings (SSSR count). The van der Waals surface area contributed by atoms with Gasteiger partial charge in [0.1, 0.15) is 5.76 Å². The zero-order valence-electron chi connectivity index (χ0n) is 21.3. The molecule has 4 nitrogen and oxygen atoms in total. The summed E-state index contributed by atoms with van der Waals surface area (Å²) in [6.45, 7) is 9.69. The lowest BCUT2D eigenvalue weighted by molar-refractivity contribution is -0.137. The molecule has 1 fully saturated rings. The van der Waals surface area contributed by atoms with E-state index in [0.717, 1.165) is 28.8 Å². The Kier molecular flexibility index (Phi) is 6.52. The number of halogens is 3. The highest BCUT2D eigenvalue weighted by atomic mass is 19.4. The summed E-state index contributed by atoms with van der Waals surface area (Å²) < 4.78 is 39.5. The van der Waals surface area contributed by atoms with Gasteiger partial charge in [-0.1, -0.05) is 57.2 Å². The first-order valence-electron chi connectivity index (χ1n) is 11.9. The standard InChI is InChI=1S/C30H28F3NO3/c1-17-8-6-7-9-22(17)25-24(26(35)23-16-20(29(3,4)5)11-10-18(23)2)27(36)28(37)34(25)21-14-12-19(13-15-21)30(31,32)33/h6-16,25,35H,1-5H3/b26-24+. The first-order valence-corrected chi connectivity index (χ1v) is 11.9. The second-order valence-electron chi connectivity index (χ2n) is 10.4. The molecule has 1 saturated heterocycles. The number of amides is 1. The van der Waals surface area contributed by atoms with Crippen LogP contribution in [-0.4, -0.2) is 16.8 Å². The molecule has 1 aliphatic heterocycles. The minimum Gasteiger partial charge on any atom is -0.507 e. The average Bonchev–Trinajstić information content (AvgIpc) is 3.08. The molecule has 37 heavy (non-hydrogen) atoms. The van der Waals surface area contributed by atoms with E-state index in [1.54, 1.807) is 25.1 Å². The normalized spacial score (nSPS) is 17.9. The van der Waals surface area contributed by atoms with Crippen LogP contribution in [-0.2, 0) is 21.2 Å². The number of aryl methyl sites for hydroxylation is 2. The minimum atomic E-state index is -4.54. The van der Waals surface area contributed by atoms with E-state index in [9.17, 15) is 27.9 Å². The predicted molar refractivity (Wildman–Crippen MR) is 137 cm³/mol. The predicted octanol–water partition coefficient (Wildman–Crippen LogP) is 7.25. The molecular formula is C30H28F3NO3. The van der Waals surface area contributed by atoms with Gasteiger partial charge in [-0.3, -0.25) is 14.5 Å². The highest BCUT2D eigenvalue weighted by molar-refractivity contribution is 6.51. The lowest BCUT2D eigenvalue weighted by atomic mass is 9.84. The van der Waals surface area contributed by atoms with Crippen LogP contribution in [0.5, 0.6) is 0 Å². The van der Waals surface area contributed by atoms with E-state index in [-0.39, 0.29) is 22.4 Å². The van der Waals surface area contributed by atoms with Crippen LogP contribution in [0.15, 0.2) is 72.3 Å². The van der Waals surface area contributed by atoms with Crippen molar-refractivity contribution in [2.45, 2.75) is 52.3 Å². The zero-order valence-corrected chi connectivity index (χ0v) is 21.3. The van der Waals surface area contributed by atoms with Gasteiger partial charge in [0.2, 0.25) is 0 Å². The second kappa shape index (κ2) is 9.21. The molecule has 192 valence electrons. The maximum absolute atomic E-state index is 13.4. The van der Waals surface area contributed by atoms with Gasteiger partial charge in [-0.2, -0.15) is 13.2 Å². The molecule has 1 amide bonds. The monoisotopic (exact) mass is 507 g/mol. The van der Waals surface area contributed by atoms with Crippen LogP contribution in [0.4, 0.5) is 18.9 Å². The van der Waals surface area contributed by atoms with E-state index in [4.69, 9.17) is 0 Å². The summed E-state index contributed by atoms with van der Waals surface area (Å²) in [5.74, 6) is -2.13. The molecule has 0 aliphatic carbocycles. The summed E-state index contributed by atoms with van der Waals surface area (Å²) in [6.07, 6.45) is -4.54. The SMILES string of the molecule is Cc1ccc(C(C)(C)C)cc1/C(O)=C1\C(=O)C(=O)N(c2ccc(C(F)(F)F)cc2)C1c1ccccc1C. The smallest absolute Gasteiger partial charge is 0.416 e. The molecule has 0 spiro atoms. The van der Waals surface area contributed by atoms with Crippen LogP contribution in [0.25, 0.3) is 5.76 Å². The summed E-state index contributed by atoms with van der Waals surface area (Å²) in [5.41, 5.74) is 2.36. The topological polar surface area (TPSA) is 57.6 Å². The maximum Gasteiger partial charge on any atom is 0.416 e. The van der Waals surface area contributed by atoms with E-state index in [1.807, 2.05) is 52.0 Å². The number of hydrogen-bond acceptors (Lipinski definition) is 3. The number of alkyl halides is 3. The van der Waals surface area contributed by atoms with E-state index in [1.165, 1.54) is 17.0 Å². The van der Waals surface area contributed by atoms with Gasteiger partial charge in [0, 0.05) is 11.3 Å². The molecule has 3 aromatic rings. The molecule has 1 N–H and O–H groups in total. The van der Waals surface area contributed by atoms with Crippen molar-refractivity contribution < 1.29 is 27.9 Å². The third-order valence-corrected chi connectivity index (χ3v) is 6.76. The van der Waals surface area contributed by atoms with Gasteiger partial charge in [-0.15, -0.1) is 0 Å². The Bertz CT molecular complexity index is 1410. The Morgan fingerprint density at radius 1 is 0.838 bits per heavy atom. The summed E-state index contributed by atoms with van der Waals surface area (Å²) in [7, 11) is 0. The van der Waals surface area contributed by atoms with E-state index >= 15 is 0 Å². The molecule has 1 aliphatic rings. The van der Waals surface area contributed by atoms with Gasteiger partial charge in [-0.05, 0) is 71.8 Å². The van der Waals surface area contributed by atoms with Crippen LogP contribution >= 0.6 is 0 Å². The number of carbonyl (C=O) groups excluding carboxylic acids is 2. The fraction of sp³-hybridized carbons (Fsp3) is 0.267. The largest absolute Gasteiger partial charge is 0.507 e. The minimum absolute atomic E-state index is 0.103. The van der Waals surface area contributed by atoms with E-state index in [0.29, 0.717) is 11.1 Å². The summed E-state index contributed by atoms with van der Waals surface area (Å²) in [5, 5.41) is 11.5. The average molecular weight is 508 g/mol. The number of Topliss-reactive ketones (excluding diaryl/α,β-unsaturated/α-hetero) is 1. The zero-order chi connectivity index (χ0) is 27.3. The highest BCUT2D eigenvalue weighted by Crippen LogP contribution is 2.44. The third-order valence-electron chi connectivity index (χ3n) is 6.76. The number of nitrogens with zero attached hydrogens (tertiary/aromatic N) is 1. The summed E-state index contributed by atoms with van der Waals surface area (Å²) in [4.78, 5) is 27.9. The molecule has 1 unspecified atom stereocenters. The highest BCUT2D eigenvalue weighted by Gasteiger charge is 2.47. The molecule has 7 heteroatoms. The van der Waals surface area contributed by atoms with Crippen LogP contribution in [0.1, 0.15) is 60.2 Å². The lowest BCUT2D eigenvalue weighted by Crippen LogP contribution is -2.29. The quantitative estimate of drug-likeness (QED) is 0.231. The van der Waals surface area contributed by atoms with Crippen molar-refractivity contribution in [3.05, 3.63) is 106 Å². The lowest BCUT2D eigenvalue weighted by Gasteiger charge is -2.27. The maximum atomic E-state index is 13.4. The van der Waals surface area contributed by atoms with Gasteiger partial charge in [0.05, 0.1) is 17.2 Å². The van der Waals surface area contributed by atoms with Gasteiger partial charge in [0.25, 0.3) is 11.7 Å². The number of benzene rings is 3. The number of ketones is 1. The Morgan fingerprint density at radius 3 is 2.00 bits per heavy atom. The number of aliphatic hydroxyl groups excluding tert-OH is 1. The Labute approximate surface area is 214 Å². The van der Waals surface area contributed by atoms with E-state index < -0.39 is 29.5 Å². The number of anilines is 1.